The van der Waals surface area contributed by atoms with Gasteiger partial charge in [0.25, 0.3) is 0 Å². The monoisotopic (exact) mass is 284 g/mol. The normalized spacial score (nSPS) is 11.3. The van der Waals surface area contributed by atoms with E-state index in [1.807, 2.05) is 13.0 Å². The number of sulfonamides is 1. The van der Waals surface area contributed by atoms with Crippen molar-refractivity contribution in [1.82, 2.24) is 10.0 Å². The van der Waals surface area contributed by atoms with Gasteiger partial charge in [0.2, 0.25) is 15.9 Å². The molecule has 0 aliphatic heterocycles. The molecule has 0 bridgehead atoms. The molecule has 0 heterocycles. The number of hydrogen-bond acceptors (Lipinski definition) is 3. The SMILES string of the molecule is CC(=O)NCCCCNS(=O)(=O)c1cccc(C)c1. The van der Waals surface area contributed by atoms with E-state index in [0.29, 0.717) is 19.5 Å². The molecule has 0 saturated carbocycles. The highest BCUT2D eigenvalue weighted by Crippen LogP contribution is 2.10. The van der Waals surface area contributed by atoms with E-state index in [4.69, 9.17) is 0 Å². The first-order valence-electron chi connectivity index (χ1n) is 6.22. The van der Waals surface area contributed by atoms with Crippen molar-refractivity contribution in [2.75, 3.05) is 13.1 Å². The third-order valence-electron chi connectivity index (χ3n) is 2.57. The summed E-state index contributed by atoms with van der Waals surface area (Å²) in [6.07, 6.45) is 1.43. The van der Waals surface area contributed by atoms with E-state index in [-0.39, 0.29) is 10.8 Å². The largest absolute Gasteiger partial charge is 0.356 e. The Labute approximate surface area is 114 Å². The maximum atomic E-state index is 11.9. The topological polar surface area (TPSA) is 75.3 Å². The minimum absolute atomic E-state index is 0.0691. The van der Waals surface area contributed by atoms with Crippen molar-refractivity contribution in [3.63, 3.8) is 0 Å². The molecule has 1 amide bonds. The summed E-state index contributed by atoms with van der Waals surface area (Å²) in [6.45, 7) is 4.25. The van der Waals surface area contributed by atoms with E-state index in [1.165, 1.54) is 6.92 Å². The molecule has 5 nitrogen and oxygen atoms in total. The van der Waals surface area contributed by atoms with Gasteiger partial charge < -0.3 is 5.32 Å². The molecule has 19 heavy (non-hydrogen) atoms. The van der Waals surface area contributed by atoms with Crippen LogP contribution in [0.1, 0.15) is 25.3 Å². The van der Waals surface area contributed by atoms with Gasteiger partial charge in [-0.25, -0.2) is 13.1 Å². The Kier molecular flexibility index (Phi) is 5.98. The number of carbonyl (C=O) groups is 1. The van der Waals surface area contributed by atoms with Crippen LogP contribution in [-0.2, 0) is 14.8 Å². The predicted octanol–water partition coefficient (Wildman–Crippen LogP) is 1.19. The second-order valence-corrected chi connectivity index (χ2v) is 6.17. The van der Waals surface area contributed by atoms with Crippen LogP contribution in [0.25, 0.3) is 0 Å². The van der Waals surface area contributed by atoms with Gasteiger partial charge in [-0.3, -0.25) is 4.79 Å². The molecule has 0 radical (unpaired) electrons. The molecule has 0 aliphatic rings. The van der Waals surface area contributed by atoms with Crippen LogP contribution < -0.4 is 10.0 Å². The van der Waals surface area contributed by atoms with Crippen molar-refractivity contribution in [2.45, 2.75) is 31.6 Å². The fraction of sp³-hybridized carbons (Fsp3) is 0.462. The van der Waals surface area contributed by atoms with Crippen LogP contribution >= 0.6 is 0 Å². The zero-order chi connectivity index (χ0) is 14.3. The molecule has 0 spiro atoms. The number of nitrogens with one attached hydrogen (secondary N) is 2. The fourth-order valence-corrected chi connectivity index (χ4v) is 2.77. The molecule has 0 unspecified atom stereocenters. The van der Waals surface area contributed by atoms with Crippen molar-refractivity contribution in [3.05, 3.63) is 29.8 Å². The van der Waals surface area contributed by atoms with Crippen molar-refractivity contribution in [2.24, 2.45) is 0 Å². The van der Waals surface area contributed by atoms with Crippen molar-refractivity contribution in [1.29, 1.82) is 0 Å². The second-order valence-electron chi connectivity index (χ2n) is 4.40. The number of hydrogen-bond donors (Lipinski definition) is 2. The third kappa shape index (κ3) is 5.85. The lowest BCUT2D eigenvalue weighted by atomic mass is 10.2. The van der Waals surface area contributed by atoms with Crippen LogP contribution in [0.2, 0.25) is 0 Å². The van der Waals surface area contributed by atoms with E-state index >= 15 is 0 Å². The van der Waals surface area contributed by atoms with Crippen LogP contribution in [0, 0.1) is 6.92 Å². The van der Waals surface area contributed by atoms with Gasteiger partial charge in [0.1, 0.15) is 0 Å². The maximum absolute atomic E-state index is 11.9. The molecule has 1 aromatic rings. The second kappa shape index (κ2) is 7.25. The van der Waals surface area contributed by atoms with E-state index in [9.17, 15) is 13.2 Å². The van der Waals surface area contributed by atoms with Crippen LogP contribution in [0.15, 0.2) is 29.2 Å². The van der Waals surface area contributed by atoms with Crippen LogP contribution in [0.4, 0.5) is 0 Å². The molecule has 1 aromatic carbocycles. The van der Waals surface area contributed by atoms with E-state index < -0.39 is 10.0 Å². The van der Waals surface area contributed by atoms with Gasteiger partial charge in [-0.15, -0.1) is 0 Å². The number of unbranched alkanes of at least 4 members (excludes halogenated alkanes) is 1. The van der Waals surface area contributed by atoms with Gasteiger partial charge in [0, 0.05) is 20.0 Å². The van der Waals surface area contributed by atoms with Gasteiger partial charge in [0.05, 0.1) is 4.90 Å². The van der Waals surface area contributed by atoms with Crippen molar-refractivity contribution >= 4 is 15.9 Å². The lowest BCUT2D eigenvalue weighted by molar-refractivity contribution is -0.118. The zero-order valence-corrected chi connectivity index (χ0v) is 12.1. The summed E-state index contributed by atoms with van der Waals surface area (Å²) >= 11 is 0. The summed E-state index contributed by atoms with van der Waals surface area (Å²) in [7, 11) is -3.42. The molecule has 2 N–H and O–H groups in total. The quantitative estimate of drug-likeness (QED) is 0.739. The molecular formula is C13H20N2O3S. The molecule has 0 atom stereocenters. The summed E-state index contributed by atoms with van der Waals surface area (Å²) in [4.78, 5) is 10.9. The summed E-state index contributed by atoms with van der Waals surface area (Å²) in [6, 6.07) is 6.79. The molecule has 1 rings (SSSR count). The number of aryl methyl sites for hydroxylation is 1. The zero-order valence-electron chi connectivity index (χ0n) is 11.3. The smallest absolute Gasteiger partial charge is 0.240 e. The Morgan fingerprint density at radius 3 is 2.53 bits per heavy atom. The van der Waals surface area contributed by atoms with E-state index in [1.54, 1.807) is 18.2 Å². The van der Waals surface area contributed by atoms with Gasteiger partial charge in [-0.2, -0.15) is 0 Å². The number of carbonyl (C=O) groups excluding carboxylic acids is 1. The van der Waals surface area contributed by atoms with Gasteiger partial charge >= 0.3 is 0 Å². The van der Waals surface area contributed by atoms with Gasteiger partial charge in [-0.05, 0) is 37.5 Å². The van der Waals surface area contributed by atoms with Crippen molar-refractivity contribution in [3.8, 4) is 0 Å². The molecular weight excluding hydrogens is 264 g/mol. The Morgan fingerprint density at radius 2 is 1.89 bits per heavy atom. The van der Waals surface area contributed by atoms with Gasteiger partial charge in [-0.1, -0.05) is 12.1 Å². The molecule has 106 valence electrons. The van der Waals surface area contributed by atoms with Crippen LogP contribution in [0.3, 0.4) is 0 Å². The predicted molar refractivity (Wildman–Crippen MR) is 74.3 cm³/mol. The van der Waals surface area contributed by atoms with Gasteiger partial charge in [0.15, 0.2) is 0 Å². The van der Waals surface area contributed by atoms with E-state index in [2.05, 4.69) is 10.0 Å². The van der Waals surface area contributed by atoms with Crippen LogP contribution in [0.5, 0.6) is 0 Å². The molecule has 0 saturated heterocycles. The first-order chi connectivity index (χ1) is 8.92. The number of rotatable bonds is 7. The highest BCUT2D eigenvalue weighted by atomic mass is 32.2. The standard InChI is InChI=1S/C13H20N2O3S/c1-11-6-5-7-13(10-11)19(17,18)15-9-4-3-8-14-12(2)16/h5-7,10,15H,3-4,8-9H2,1-2H3,(H,14,16). The molecule has 6 heteroatoms. The maximum Gasteiger partial charge on any atom is 0.240 e. The summed E-state index contributed by atoms with van der Waals surface area (Å²) in [5, 5.41) is 2.67. The fourth-order valence-electron chi connectivity index (χ4n) is 1.59. The first-order valence-corrected chi connectivity index (χ1v) is 7.71. The lowest BCUT2D eigenvalue weighted by Crippen LogP contribution is -2.26. The minimum atomic E-state index is -3.42. The summed E-state index contributed by atoms with van der Waals surface area (Å²) < 4.78 is 26.4. The Balaban J connectivity index is 2.38. The first kappa shape index (κ1) is 15.7. The highest BCUT2D eigenvalue weighted by Gasteiger charge is 2.12. The average molecular weight is 284 g/mol. The number of amides is 1. The van der Waals surface area contributed by atoms with Crippen molar-refractivity contribution < 1.29 is 13.2 Å². The molecule has 0 aliphatic carbocycles. The Hall–Kier alpha value is -1.40. The van der Waals surface area contributed by atoms with Crippen LogP contribution in [-0.4, -0.2) is 27.4 Å². The highest BCUT2D eigenvalue weighted by molar-refractivity contribution is 7.89. The Morgan fingerprint density at radius 1 is 1.21 bits per heavy atom. The Bertz CT molecular complexity index is 526. The molecule has 0 fully saturated rings. The molecule has 0 aromatic heterocycles. The number of benzene rings is 1. The minimum Gasteiger partial charge on any atom is -0.356 e. The third-order valence-corrected chi connectivity index (χ3v) is 4.03. The summed E-state index contributed by atoms with van der Waals surface area (Å²) in [5.41, 5.74) is 0.911. The van der Waals surface area contributed by atoms with E-state index in [0.717, 1.165) is 12.0 Å². The summed E-state index contributed by atoms with van der Waals surface area (Å²) in [5.74, 6) is -0.0691. The average Bonchev–Trinajstić information content (AvgIpc) is 2.33. The lowest BCUT2D eigenvalue weighted by Gasteiger charge is -2.07.